The van der Waals surface area contributed by atoms with E-state index in [1.807, 2.05) is 34.6 Å². The van der Waals surface area contributed by atoms with Crippen molar-refractivity contribution in [2.24, 2.45) is 0 Å². The lowest BCUT2D eigenvalue weighted by Gasteiger charge is -2.22. The number of nitrogens with one attached hydrogen (secondary N) is 1. The number of aromatic nitrogens is 1. The summed E-state index contributed by atoms with van der Waals surface area (Å²) in [6, 6.07) is 8.93. The Bertz CT molecular complexity index is 902. The maximum Gasteiger partial charge on any atom is 0.270 e. The number of amides is 2. The fourth-order valence-electron chi connectivity index (χ4n) is 3.96. The van der Waals surface area contributed by atoms with Gasteiger partial charge in [0.2, 0.25) is 0 Å². The number of halogens is 1. The van der Waals surface area contributed by atoms with Gasteiger partial charge in [0.05, 0.1) is 30.5 Å². The first-order valence-electron chi connectivity index (χ1n) is 9.71. The van der Waals surface area contributed by atoms with E-state index < -0.39 is 0 Å². The molecule has 1 N–H and O–H groups in total. The van der Waals surface area contributed by atoms with Crippen LogP contribution in [0, 0.1) is 0 Å². The molecule has 2 amide bonds. The van der Waals surface area contributed by atoms with E-state index in [2.05, 4.69) is 5.32 Å². The number of hydrogen-bond acceptors (Lipinski definition) is 3. The molecular weight excluding hydrogens is 378 g/mol. The van der Waals surface area contributed by atoms with Crippen LogP contribution in [0.5, 0.6) is 0 Å². The summed E-state index contributed by atoms with van der Waals surface area (Å²) < 4.78 is 7.51. The molecule has 4 rings (SSSR count). The van der Waals surface area contributed by atoms with Gasteiger partial charge in [-0.3, -0.25) is 9.59 Å². The maximum atomic E-state index is 13.0. The van der Waals surface area contributed by atoms with E-state index in [1.54, 1.807) is 12.1 Å². The summed E-state index contributed by atoms with van der Waals surface area (Å²) in [7, 11) is 0. The van der Waals surface area contributed by atoms with Crippen LogP contribution in [0.15, 0.2) is 30.3 Å². The van der Waals surface area contributed by atoms with Gasteiger partial charge in [-0.15, -0.1) is 0 Å². The van der Waals surface area contributed by atoms with Crippen molar-refractivity contribution in [3.05, 3.63) is 57.9 Å². The van der Waals surface area contributed by atoms with E-state index in [0.717, 1.165) is 37.2 Å². The van der Waals surface area contributed by atoms with Crippen LogP contribution in [-0.2, 0) is 17.9 Å². The summed E-state index contributed by atoms with van der Waals surface area (Å²) in [6.07, 6.45) is 2.07. The van der Waals surface area contributed by atoms with E-state index in [-0.39, 0.29) is 17.9 Å². The van der Waals surface area contributed by atoms with Gasteiger partial charge in [0.15, 0.2) is 0 Å². The van der Waals surface area contributed by atoms with Crippen molar-refractivity contribution in [1.82, 2.24) is 14.8 Å². The average molecular weight is 402 g/mol. The number of carbonyl (C=O) groups excluding carboxylic acids is 2. The Kier molecular flexibility index (Phi) is 5.42. The summed E-state index contributed by atoms with van der Waals surface area (Å²) in [6.45, 7) is 4.91. The smallest absolute Gasteiger partial charge is 0.270 e. The molecule has 2 aliphatic heterocycles. The SMILES string of the molecule is C[C@@H](NC(=O)c1cc(C(=O)N2CCCC2)n2c1COCC2)c1ccccc1Cl. The number of ether oxygens (including phenoxy) is 1. The molecule has 3 heterocycles. The molecule has 7 heteroatoms. The number of likely N-dealkylation sites (tertiary alicyclic amines) is 1. The zero-order valence-corrected chi connectivity index (χ0v) is 16.7. The fraction of sp³-hybridized carbons (Fsp3) is 0.429. The third-order valence-electron chi connectivity index (χ3n) is 5.48. The van der Waals surface area contributed by atoms with Gasteiger partial charge in [-0.1, -0.05) is 29.8 Å². The topological polar surface area (TPSA) is 63.6 Å². The van der Waals surface area contributed by atoms with Gasteiger partial charge in [-0.25, -0.2) is 0 Å². The van der Waals surface area contributed by atoms with Gasteiger partial charge in [0, 0.05) is 24.7 Å². The predicted octanol–water partition coefficient (Wildman–Crippen LogP) is 3.40. The average Bonchev–Trinajstić information content (AvgIpc) is 3.36. The summed E-state index contributed by atoms with van der Waals surface area (Å²) in [5.74, 6) is -0.221. The van der Waals surface area contributed by atoms with E-state index in [0.29, 0.717) is 36.0 Å². The molecule has 0 saturated carbocycles. The van der Waals surface area contributed by atoms with Crippen molar-refractivity contribution in [3.63, 3.8) is 0 Å². The van der Waals surface area contributed by atoms with Gasteiger partial charge in [-0.2, -0.15) is 0 Å². The minimum absolute atomic E-state index is 0.00106. The van der Waals surface area contributed by atoms with E-state index >= 15 is 0 Å². The van der Waals surface area contributed by atoms with Crippen LogP contribution in [0.2, 0.25) is 5.02 Å². The molecule has 0 unspecified atom stereocenters. The first kappa shape index (κ1) is 19.0. The molecule has 2 aromatic rings. The van der Waals surface area contributed by atoms with Crippen LogP contribution in [0.3, 0.4) is 0 Å². The molecule has 1 aromatic heterocycles. The van der Waals surface area contributed by atoms with Crippen LogP contribution in [0.1, 0.15) is 57.9 Å². The second-order valence-electron chi connectivity index (χ2n) is 7.31. The normalized spacial score (nSPS) is 17.3. The summed E-state index contributed by atoms with van der Waals surface area (Å²) in [5.41, 5.74) is 2.70. The Balaban J connectivity index is 1.61. The molecule has 0 spiro atoms. The van der Waals surface area contributed by atoms with Gasteiger partial charge in [0.1, 0.15) is 5.69 Å². The van der Waals surface area contributed by atoms with Crippen LogP contribution in [0.4, 0.5) is 0 Å². The zero-order valence-electron chi connectivity index (χ0n) is 15.9. The Hall–Kier alpha value is -2.31. The molecule has 1 fully saturated rings. The molecule has 1 aromatic carbocycles. The second kappa shape index (κ2) is 7.97. The Morgan fingerprint density at radius 2 is 1.93 bits per heavy atom. The second-order valence-corrected chi connectivity index (χ2v) is 7.72. The van der Waals surface area contributed by atoms with Crippen LogP contribution >= 0.6 is 11.6 Å². The maximum absolute atomic E-state index is 13.0. The highest BCUT2D eigenvalue weighted by Crippen LogP contribution is 2.26. The Morgan fingerprint density at radius 1 is 1.18 bits per heavy atom. The van der Waals surface area contributed by atoms with Crippen molar-refractivity contribution >= 4 is 23.4 Å². The minimum atomic E-state index is -0.251. The third kappa shape index (κ3) is 3.54. The van der Waals surface area contributed by atoms with E-state index in [9.17, 15) is 9.59 Å². The number of hydrogen-bond donors (Lipinski definition) is 1. The molecule has 6 nitrogen and oxygen atoms in total. The van der Waals surface area contributed by atoms with Gasteiger partial charge in [0.25, 0.3) is 11.8 Å². The number of rotatable bonds is 4. The van der Waals surface area contributed by atoms with Gasteiger partial charge in [-0.05, 0) is 37.5 Å². The summed E-state index contributed by atoms with van der Waals surface area (Å²) in [5, 5.41) is 3.62. The lowest BCUT2D eigenvalue weighted by molar-refractivity contribution is 0.0714. The molecular formula is C21H24ClN3O3. The lowest BCUT2D eigenvalue weighted by atomic mass is 10.1. The largest absolute Gasteiger partial charge is 0.373 e. The minimum Gasteiger partial charge on any atom is -0.373 e. The van der Waals surface area contributed by atoms with E-state index in [4.69, 9.17) is 16.3 Å². The molecule has 0 radical (unpaired) electrons. The number of nitrogens with zero attached hydrogens (tertiary/aromatic N) is 2. The van der Waals surface area contributed by atoms with Crippen LogP contribution in [-0.4, -0.2) is 41.0 Å². The van der Waals surface area contributed by atoms with Crippen molar-refractivity contribution in [2.45, 2.75) is 39.0 Å². The first-order chi connectivity index (χ1) is 13.6. The van der Waals surface area contributed by atoms with Crippen LogP contribution in [0.25, 0.3) is 0 Å². The van der Waals surface area contributed by atoms with Crippen LogP contribution < -0.4 is 5.32 Å². The molecule has 28 heavy (non-hydrogen) atoms. The van der Waals surface area contributed by atoms with E-state index in [1.165, 1.54) is 0 Å². The summed E-state index contributed by atoms with van der Waals surface area (Å²) in [4.78, 5) is 27.8. The fourth-order valence-corrected chi connectivity index (χ4v) is 4.26. The van der Waals surface area contributed by atoms with Gasteiger partial charge < -0.3 is 19.5 Å². The first-order valence-corrected chi connectivity index (χ1v) is 10.1. The lowest BCUT2D eigenvalue weighted by Crippen LogP contribution is -2.31. The van der Waals surface area contributed by atoms with Crippen molar-refractivity contribution < 1.29 is 14.3 Å². The molecule has 2 aliphatic rings. The number of fused-ring (bicyclic) bond motifs is 1. The molecule has 148 valence electrons. The zero-order chi connectivity index (χ0) is 19.7. The van der Waals surface area contributed by atoms with Crippen molar-refractivity contribution in [2.75, 3.05) is 19.7 Å². The highest BCUT2D eigenvalue weighted by Gasteiger charge is 2.29. The molecule has 0 bridgehead atoms. The third-order valence-corrected chi connectivity index (χ3v) is 5.83. The Labute approximate surface area is 169 Å². The number of carbonyl (C=O) groups is 2. The standard InChI is InChI=1S/C21H24ClN3O3/c1-14(15-6-2-3-7-17(15)22)23-20(26)16-12-18(21(27)24-8-4-5-9-24)25-10-11-28-13-19(16)25/h2-3,6-7,12,14H,4-5,8-11,13H2,1H3,(H,23,26)/t14-/m1/s1. The highest BCUT2D eigenvalue weighted by atomic mass is 35.5. The quantitative estimate of drug-likeness (QED) is 0.854. The highest BCUT2D eigenvalue weighted by molar-refractivity contribution is 6.31. The predicted molar refractivity (Wildman–Crippen MR) is 107 cm³/mol. The number of benzene rings is 1. The molecule has 1 saturated heterocycles. The molecule has 0 aliphatic carbocycles. The monoisotopic (exact) mass is 401 g/mol. The Morgan fingerprint density at radius 3 is 2.68 bits per heavy atom. The van der Waals surface area contributed by atoms with Crippen molar-refractivity contribution in [3.8, 4) is 0 Å². The van der Waals surface area contributed by atoms with Crippen molar-refractivity contribution in [1.29, 1.82) is 0 Å². The summed E-state index contributed by atoms with van der Waals surface area (Å²) >= 11 is 6.26. The van der Waals surface area contributed by atoms with Gasteiger partial charge >= 0.3 is 0 Å². The molecule has 1 atom stereocenters.